The molecule has 7 heteroatoms. The van der Waals surface area contributed by atoms with Gasteiger partial charge in [-0.05, 0) is 41.0 Å². The molecule has 0 spiro atoms. The van der Waals surface area contributed by atoms with Gasteiger partial charge in [0.1, 0.15) is 12.4 Å². The first kappa shape index (κ1) is 15.1. The van der Waals surface area contributed by atoms with Crippen molar-refractivity contribution >= 4 is 5.97 Å². The van der Waals surface area contributed by atoms with E-state index in [2.05, 4.69) is 20.8 Å². The molecule has 2 N–H and O–H groups in total. The molecule has 0 saturated heterocycles. The van der Waals surface area contributed by atoms with Gasteiger partial charge < -0.3 is 5.11 Å². The number of nitrogens with one attached hydrogen (secondary N) is 1. The van der Waals surface area contributed by atoms with Crippen molar-refractivity contribution < 1.29 is 9.90 Å². The number of hydrogen-bond donors (Lipinski definition) is 2. The minimum absolute atomic E-state index is 0.00708. The van der Waals surface area contributed by atoms with Crippen molar-refractivity contribution in [3.05, 3.63) is 36.2 Å². The molecule has 7 nitrogen and oxygen atoms in total. The van der Waals surface area contributed by atoms with E-state index in [1.807, 2.05) is 45.0 Å². The molecule has 0 saturated carbocycles. The number of hydrogen-bond acceptors (Lipinski definition) is 5. The summed E-state index contributed by atoms with van der Waals surface area (Å²) in [4.78, 5) is 11.3. The second-order valence-electron chi connectivity index (χ2n) is 5.30. The van der Waals surface area contributed by atoms with E-state index in [0.717, 1.165) is 11.3 Å². The van der Waals surface area contributed by atoms with Gasteiger partial charge in [-0.15, -0.1) is 5.10 Å². The normalized spacial score (nSPS) is 14.1. The molecule has 2 unspecified atom stereocenters. The minimum Gasteiger partial charge on any atom is -0.480 e. The maximum atomic E-state index is 11.3. The number of aromatic nitrogens is 4. The van der Waals surface area contributed by atoms with Crippen LogP contribution in [-0.4, -0.2) is 37.3 Å². The summed E-state index contributed by atoms with van der Waals surface area (Å²) >= 11 is 0. The predicted octanol–water partition coefficient (Wildman–Crippen LogP) is 1.42. The Bertz CT molecular complexity index is 597. The van der Waals surface area contributed by atoms with Crippen molar-refractivity contribution in [2.45, 2.75) is 32.9 Å². The van der Waals surface area contributed by atoms with Crippen LogP contribution in [0, 0.1) is 5.92 Å². The number of nitrogens with zero attached hydrogens (tertiary/aromatic N) is 4. The molecule has 112 valence electrons. The third-order valence-corrected chi connectivity index (χ3v) is 3.35. The van der Waals surface area contributed by atoms with Gasteiger partial charge in [0.2, 0.25) is 0 Å². The zero-order valence-electron chi connectivity index (χ0n) is 12.3. The molecule has 2 rings (SSSR count). The number of benzene rings is 1. The van der Waals surface area contributed by atoms with Gasteiger partial charge in [-0.1, -0.05) is 26.0 Å². The van der Waals surface area contributed by atoms with Crippen molar-refractivity contribution in [1.82, 2.24) is 25.5 Å². The van der Waals surface area contributed by atoms with E-state index >= 15 is 0 Å². The highest BCUT2D eigenvalue weighted by molar-refractivity contribution is 5.73. The Kier molecular flexibility index (Phi) is 4.64. The molecular weight excluding hydrogens is 270 g/mol. The molecule has 0 aliphatic carbocycles. The lowest BCUT2D eigenvalue weighted by Crippen LogP contribution is -2.42. The molecule has 0 fully saturated rings. The second kappa shape index (κ2) is 6.45. The zero-order chi connectivity index (χ0) is 15.4. The van der Waals surface area contributed by atoms with Gasteiger partial charge >= 0.3 is 5.97 Å². The Morgan fingerprint density at radius 2 is 2.10 bits per heavy atom. The molecule has 1 heterocycles. The summed E-state index contributed by atoms with van der Waals surface area (Å²) in [5.41, 5.74) is 1.82. The Hall–Kier alpha value is -2.28. The van der Waals surface area contributed by atoms with Crippen LogP contribution in [0.5, 0.6) is 0 Å². The average Bonchev–Trinajstić information content (AvgIpc) is 2.98. The highest BCUT2D eigenvalue weighted by Gasteiger charge is 2.23. The maximum Gasteiger partial charge on any atom is 0.320 e. The van der Waals surface area contributed by atoms with Crippen LogP contribution >= 0.6 is 0 Å². The number of carboxylic acid groups (broad SMARTS) is 1. The zero-order valence-corrected chi connectivity index (χ0v) is 12.3. The molecule has 0 aliphatic heterocycles. The Labute approximate surface area is 123 Å². The number of aliphatic carboxylic acids is 1. The van der Waals surface area contributed by atoms with Crippen LogP contribution in [0.15, 0.2) is 30.6 Å². The second-order valence-corrected chi connectivity index (χ2v) is 5.30. The summed E-state index contributed by atoms with van der Waals surface area (Å²) < 4.78 is 1.56. The van der Waals surface area contributed by atoms with Gasteiger partial charge in [0.25, 0.3) is 0 Å². The summed E-state index contributed by atoms with van der Waals surface area (Å²) in [6.45, 7) is 5.71. The van der Waals surface area contributed by atoms with Gasteiger partial charge in [-0.2, -0.15) is 0 Å². The summed E-state index contributed by atoms with van der Waals surface area (Å²) in [7, 11) is 0. The first-order chi connectivity index (χ1) is 9.99. The van der Waals surface area contributed by atoms with E-state index in [9.17, 15) is 9.90 Å². The molecule has 2 aromatic rings. The highest BCUT2D eigenvalue weighted by atomic mass is 16.4. The number of tetrazole rings is 1. The quantitative estimate of drug-likeness (QED) is 0.835. The van der Waals surface area contributed by atoms with Gasteiger partial charge in [0.15, 0.2) is 0 Å². The lowest BCUT2D eigenvalue weighted by atomic mass is 10.0. The van der Waals surface area contributed by atoms with Gasteiger partial charge in [-0.25, -0.2) is 4.68 Å². The first-order valence-electron chi connectivity index (χ1n) is 6.81. The summed E-state index contributed by atoms with van der Waals surface area (Å²) in [6.07, 6.45) is 1.52. The Balaban J connectivity index is 2.18. The van der Waals surface area contributed by atoms with Gasteiger partial charge in [-0.3, -0.25) is 10.1 Å². The first-order valence-corrected chi connectivity index (χ1v) is 6.81. The Morgan fingerprint density at radius 3 is 2.67 bits per heavy atom. The van der Waals surface area contributed by atoms with Crippen LogP contribution in [0.3, 0.4) is 0 Å². The molecule has 21 heavy (non-hydrogen) atoms. The number of carbonyl (C=O) groups is 1. The van der Waals surface area contributed by atoms with Crippen molar-refractivity contribution in [2.24, 2.45) is 5.92 Å². The molecule has 0 amide bonds. The van der Waals surface area contributed by atoms with Crippen LogP contribution in [0.2, 0.25) is 0 Å². The summed E-state index contributed by atoms with van der Waals surface area (Å²) in [5.74, 6) is -0.832. The number of rotatable bonds is 6. The molecule has 0 bridgehead atoms. The van der Waals surface area contributed by atoms with E-state index in [0.29, 0.717) is 0 Å². The largest absolute Gasteiger partial charge is 0.480 e. The lowest BCUT2D eigenvalue weighted by Gasteiger charge is -2.23. The summed E-state index contributed by atoms with van der Waals surface area (Å²) in [6, 6.07) is 7.00. The van der Waals surface area contributed by atoms with Crippen molar-refractivity contribution in [2.75, 3.05) is 0 Å². The fourth-order valence-corrected chi connectivity index (χ4v) is 2.13. The molecule has 2 atom stereocenters. The van der Waals surface area contributed by atoms with E-state index in [1.54, 1.807) is 4.68 Å². The standard InChI is InChI=1S/C14H19N5O2/c1-9(2)13(14(20)21)16-10(3)11-5-4-6-12(7-11)19-8-15-17-18-19/h4-10,13,16H,1-3H3,(H,20,21). The highest BCUT2D eigenvalue weighted by Crippen LogP contribution is 2.18. The van der Waals surface area contributed by atoms with E-state index in [4.69, 9.17) is 0 Å². The fraction of sp³-hybridized carbons (Fsp3) is 0.429. The van der Waals surface area contributed by atoms with E-state index in [1.165, 1.54) is 6.33 Å². The molecule has 0 aliphatic rings. The lowest BCUT2D eigenvalue weighted by molar-refractivity contribution is -0.140. The van der Waals surface area contributed by atoms with Crippen LogP contribution in [0.25, 0.3) is 5.69 Å². The molecule has 1 aromatic heterocycles. The Morgan fingerprint density at radius 1 is 1.33 bits per heavy atom. The smallest absolute Gasteiger partial charge is 0.320 e. The van der Waals surface area contributed by atoms with Gasteiger partial charge in [0.05, 0.1) is 5.69 Å². The van der Waals surface area contributed by atoms with Crippen LogP contribution in [-0.2, 0) is 4.79 Å². The summed E-state index contributed by atoms with van der Waals surface area (Å²) in [5, 5.41) is 23.5. The average molecular weight is 289 g/mol. The minimum atomic E-state index is -0.839. The topological polar surface area (TPSA) is 92.9 Å². The van der Waals surface area contributed by atoms with Crippen molar-refractivity contribution in [3.63, 3.8) is 0 Å². The van der Waals surface area contributed by atoms with E-state index in [-0.39, 0.29) is 12.0 Å². The van der Waals surface area contributed by atoms with Crippen molar-refractivity contribution in [1.29, 1.82) is 0 Å². The third-order valence-electron chi connectivity index (χ3n) is 3.35. The van der Waals surface area contributed by atoms with E-state index < -0.39 is 12.0 Å². The monoisotopic (exact) mass is 289 g/mol. The molecular formula is C14H19N5O2. The van der Waals surface area contributed by atoms with Crippen LogP contribution in [0.1, 0.15) is 32.4 Å². The SMILES string of the molecule is CC(NC(C(=O)O)C(C)C)c1cccc(-n2cnnn2)c1. The fourth-order valence-electron chi connectivity index (χ4n) is 2.13. The predicted molar refractivity (Wildman–Crippen MR) is 77.0 cm³/mol. The van der Waals surface area contributed by atoms with Crippen molar-refractivity contribution in [3.8, 4) is 5.69 Å². The maximum absolute atomic E-state index is 11.3. The molecule has 1 aromatic carbocycles. The van der Waals surface area contributed by atoms with Gasteiger partial charge in [0, 0.05) is 6.04 Å². The molecule has 0 radical (unpaired) electrons. The van der Waals surface area contributed by atoms with Crippen LogP contribution < -0.4 is 5.32 Å². The van der Waals surface area contributed by atoms with Crippen LogP contribution in [0.4, 0.5) is 0 Å². The third kappa shape index (κ3) is 3.63. The number of carboxylic acids is 1.